The van der Waals surface area contributed by atoms with E-state index in [2.05, 4.69) is 4.98 Å². The topological polar surface area (TPSA) is 87.6 Å². The summed E-state index contributed by atoms with van der Waals surface area (Å²) >= 11 is 1.06. The lowest BCUT2D eigenvalue weighted by Crippen LogP contribution is -2.30. The molecule has 1 atom stereocenters. The van der Waals surface area contributed by atoms with E-state index in [1.54, 1.807) is 26.8 Å². The van der Waals surface area contributed by atoms with Crippen molar-refractivity contribution < 1.29 is 19.5 Å². The first kappa shape index (κ1) is 15.5. The number of carbonyl (C=O) groups excluding carboxylic acids is 2. The maximum Gasteiger partial charge on any atom is 0.338 e. The fraction of sp³-hybridized carbons (Fsp3) is 0.429. The molecule has 0 saturated carbocycles. The zero-order chi connectivity index (χ0) is 15.7. The summed E-state index contributed by atoms with van der Waals surface area (Å²) in [6, 6.07) is 1.69. The Labute approximate surface area is 126 Å². The largest absolute Gasteiger partial charge is 0.478 e. The Kier molecular flexibility index (Phi) is 4.32. The number of thioether (sulfide) groups is 1. The van der Waals surface area contributed by atoms with E-state index in [-0.39, 0.29) is 23.8 Å². The number of carboxylic acid groups (broad SMARTS) is 1. The summed E-state index contributed by atoms with van der Waals surface area (Å²) in [7, 11) is 0. The first-order chi connectivity index (χ1) is 9.85. The summed E-state index contributed by atoms with van der Waals surface area (Å²) in [5, 5.41) is 9.01. The molecule has 1 N–H and O–H groups in total. The molecule has 1 unspecified atom stereocenters. The number of hydrogen-bond acceptors (Lipinski definition) is 5. The third kappa shape index (κ3) is 2.92. The summed E-state index contributed by atoms with van der Waals surface area (Å²) < 4.78 is 0. The maximum absolute atomic E-state index is 12.1. The van der Waals surface area contributed by atoms with Gasteiger partial charge in [-0.25, -0.2) is 9.78 Å². The minimum Gasteiger partial charge on any atom is -0.478 e. The first-order valence-corrected chi connectivity index (χ1v) is 7.45. The lowest BCUT2D eigenvalue weighted by Gasteiger charge is -2.13. The van der Waals surface area contributed by atoms with E-state index in [0.717, 1.165) is 11.8 Å². The second kappa shape index (κ2) is 5.85. The summed E-state index contributed by atoms with van der Waals surface area (Å²) in [4.78, 5) is 40.6. The predicted molar refractivity (Wildman–Crippen MR) is 77.3 cm³/mol. The van der Waals surface area contributed by atoms with Gasteiger partial charge in [-0.2, -0.15) is 0 Å². The van der Waals surface area contributed by atoms with Crippen molar-refractivity contribution in [3.8, 4) is 0 Å². The van der Waals surface area contributed by atoms with Crippen LogP contribution in [0.3, 0.4) is 0 Å². The molecule has 0 aromatic carbocycles. The van der Waals surface area contributed by atoms with Gasteiger partial charge in [-0.1, -0.05) is 11.8 Å². The van der Waals surface area contributed by atoms with E-state index in [9.17, 15) is 19.5 Å². The average molecular weight is 308 g/mol. The van der Waals surface area contributed by atoms with Crippen LogP contribution in [0.5, 0.6) is 0 Å². The van der Waals surface area contributed by atoms with Crippen molar-refractivity contribution in [1.29, 1.82) is 0 Å². The first-order valence-electron chi connectivity index (χ1n) is 6.57. The number of rotatable bonds is 4. The molecule has 7 heteroatoms. The van der Waals surface area contributed by atoms with Gasteiger partial charge in [0, 0.05) is 18.7 Å². The van der Waals surface area contributed by atoms with E-state index in [0.29, 0.717) is 22.8 Å². The van der Waals surface area contributed by atoms with Gasteiger partial charge in [-0.3, -0.25) is 14.5 Å². The highest BCUT2D eigenvalue weighted by atomic mass is 32.2. The van der Waals surface area contributed by atoms with Crippen LogP contribution in [0.4, 0.5) is 0 Å². The molecule has 2 heterocycles. The number of pyridine rings is 1. The molecule has 112 valence electrons. The lowest BCUT2D eigenvalue weighted by atomic mass is 10.1. The summed E-state index contributed by atoms with van der Waals surface area (Å²) in [5.41, 5.74) is 1.38. The van der Waals surface area contributed by atoms with Crippen LogP contribution in [0.2, 0.25) is 0 Å². The summed E-state index contributed by atoms with van der Waals surface area (Å²) in [6.45, 7) is 5.53. The number of carboxylic acids is 1. The Balaban J connectivity index is 2.34. The molecule has 0 aliphatic carbocycles. The van der Waals surface area contributed by atoms with E-state index in [4.69, 9.17) is 0 Å². The van der Waals surface area contributed by atoms with Crippen LogP contribution in [-0.4, -0.2) is 44.6 Å². The quantitative estimate of drug-likeness (QED) is 0.851. The number of aromatic nitrogens is 1. The minimum atomic E-state index is -1.08. The van der Waals surface area contributed by atoms with Crippen LogP contribution in [0, 0.1) is 13.8 Å². The van der Waals surface area contributed by atoms with Gasteiger partial charge in [0.1, 0.15) is 5.03 Å². The van der Waals surface area contributed by atoms with Crippen LogP contribution in [0.1, 0.15) is 35.0 Å². The smallest absolute Gasteiger partial charge is 0.338 e. The SMILES string of the molecule is CCN1C(=O)CC(Sc2nc(C)cc(C)c2C(=O)O)C1=O. The van der Waals surface area contributed by atoms with E-state index < -0.39 is 11.2 Å². The molecule has 1 aromatic heterocycles. The van der Waals surface area contributed by atoms with Gasteiger partial charge < -0.3 is 5.11 Å². The third-order valence-corrected chi connectivity index (χ3v) is 4.47. The highest BCUT2D eigenvalue weighted by Crippen LogP contribution is 2.33. The van der Waals surface area contributed by atoms with Crippen LogP contribution in [0.15, 0.2) is 11.1 Å². The molecule has 1 saturated heterocycles. The molecule has 0 bridgehead atoms. The van der Waals surface area contributed by atoms with Crippen molar-refractivity contribution in [3.63, 3.8) is 0 Å². The Morgan fingerprint density at radius 3 is 2.67 bits per heavy atom. The molecule has 2 amide bonds. The van der Waals surface area contributed by atoms with E-state index in [1.807, 2.05) is 0 Å². The van der Waals surface area contributed by atoms with E-state index in [1.165, 1.54) is 4.90 Å². The van der Waals surface area contributed by atoms with Gasteiger partial charge in [0.25, 0.3) is 0 Å². The van der Waals surface area contributed by atoms with Gasteiger partial charge in [-0.15, -0.1) is 0 Å². The van der Waals surface area contributed by atoms with Crippen LogP contribution < -0.4 is 0 Å². The van der Waals surface area contributed by atoms with Crippen molar-refractivity contribution in [2.24, 2.45) is 0 Å². The van der Waals surface area contributed by atoms with Gasteiger partial charge in [0.15, 0.2) is 0 Å². The van der Waals surface area contributed by atoms with Gasteiger partial charge in [0.05, 0.1) is 10.8 Å². The monoisotopic (exact) mass is 308 g/mol. The number of hydrogen-bond donors (Lipinski definition) is 1. The highest BCUT2D eigenvalue weighted by molar-refractivity contribution is 8.00. The van der Waals surface area contributed by atoms with E-state index >= 15 is 0 Å². The Morgan fingerprint density at radius 1 is 1.48 bits per heavy atom. The lowest BCUT2D eigenvalue weighted by molar-refractivity contribution is -0.137. The number of aromatic carboxylic acids is 1. The third-order valence-electron chi connectivity index (χ3n) is 3.30. The van der Waals surface area contributed by atoms with Gasteiger partial charge in [0.2, 0.25) is 11.8 Å². The molecule has 6 nitrogen and oxygen atoms in total. The maximum atomic E-state index is 12.1. The molecule has 0 radical (unpaired) electrons. The summed E-state index contributed by atoms with van der Waals surface area (Å²) in [6.07, 6.45) is 0.0884. The molecular formula is C14H16N2O4S. The molecule has 0 spiro atoms. The number of aryl methyl sites for hydroxylation is 2. The normalized spacial score (nSPS) is 18.4. The number of likely N-dealkylation sites (tertiary alicyclic amines) is 1. The van der Waals surface area contributed by atoms with Crippen molar-refractivity contribution >= 4 is 29.5 Å². The second-order valence-electron chi connectivity index (χ2n) is 4.85. The molecule has 1 aromatic rings. The zero-order valence-corrected chi connectivity index (χ0v) is 12.9. The molecule has 2 rings (SSSR count). The molecule has 1 aliphatic rings. The van der Waals surface area contributed by atoms with Gasteiger partial charge >= 0.3 is 5.97 Å². The number of carbonyl (C=O) groups is 3. The standard InChI is InChI=1S/C14H16N2O4S/c1-4-16-10(17)6-9(13(16)18)21-12-11(14(19)20)7(2)5-8(3)15-12/h5,9H,4,6H2,1-3H3,(H,19,20). The Hall–Kier alpha value is -1.89. The van der Waals surface area contributed by atoms with Crippen LogP contribution >= 0.6 is 11.8 Å². The fourth-order valence-corrected chi connectivity index (χ4v) is 3.65. The fourth-order valence-electron chi connectivity index (χ4n) is 2.36. The predicted octanol–water partition coefficient (Wildman–Crippen LogP) is 1.64. The van der Waals surface area contributed by atoms with Crippen molar-refractivity contribution in [2.75, 3.05) is 6.54 Å². The Bertz CT molecular complexity index is 630. The second-order valence-corrected chi connectivity index (χ2v) is 6.04. The summed E-state index contributed by atoms with van der Waals surface area (Å²) in [5.74, 6) is -1.57. The molecular weight excluding hydrogens is 292 g/mol. The molecule has 21 heavy (non-hydrogen) atoms. The minimum absolute atomic E-state index is 0.0884. The Morgan fingerprint density at radius 2 is 2.14 bits per heavy atom. The van der Waals surface area contributed by atoms with Crippen molar-refractivity contribution in [3.05, 3.63) is 22.9 Å². The highest BCUT2D eigenvalue weighted by Gasteiger charge is 2.39. The van der Waals surface area contributed by atoms with Crippen molar-refractivity contribution in [2.45, 2.75) is 37.5 Å². The number of amides is 2. The average Bonchev–Trinajstić information content (AvgIpc) is 2.62. The van der Waals surface area contributed by atoms with Crippen LogP contribution in [0.25, 0.3) is 0 Å². The zero-order valence-electron chi connectivity index (χ0n) is 12.0. The van der Waals surface area contributed by atoms with Crippen molar-refractivity contribution in [1.82, 2.24) is 9.88 Å². The molecule has 1 fully saturated rings. The number of nitrogens with zero attached hydrogens (tertiary/aromatic N) is 2. The molecule has 1 aliphatic heterocycles. The van der Waals surface area contributed by atoms with Gasteiger partial charge in [-0.05, 0) is 32.4 Å². The van der Waals surface area contributed by atoms with Crippen LogP contribution in [-0.2, 0) is 9.59 Å². The number of imide groups is 1.